The molecule has 0 aliphatic rings. The number of fused-ring (bicyclic) bond motifs is 1. The van der Waals surface area contributed by atoms with E-state index in [-0.39, 0.29) is 0 Å². The molecule has 124 valence electrons. The zero-order valence-electron chi connectivity index (χ0n) is 12.8. The minimum Gasteiger partial charge on any atom is -0.494 e. The van der Waals surface area contributed by atoms with Gasteiger partial charge in [0.05, 0.1) is 35.7 Å². The minimum atomic E-state index is 0.300. The SMILES string of the molecule is COc1c(Cl)cc(/C=N\Nc2nc3ccccc3s2)c(OC)c1Cl. The van der Waals surface area contributed by atoms with Crippen LogP contribution in [0.4, 0.5) is 5.13 Å². The van der Waals surface area contributed by atoms with Crippen LogP contribution in [0, 0.1) is 0 Å². The fourth-order valence-corrected chi connectivity index (χ4v) is 3.69. The lowest BCUT2D eigenvalue weighted by Gasteiger charge is -2.12. The van der Waals surface area contributed by atoms with E-state index in [1.54, 1.807) is 12.3 Å². The van der Waals surface area contributed by atoms with E-state index in [4.69, 9.17) is 32.7 Å². The number of ether oxygens (including phenoxy) is 2. The third-order valence-corrected chi connectivity index (χ3v) is 4.79. The van der Waals surface area contributed by atoms with Crippen molar-refractivity contribution in [1.82, 2.24) is 4.98 Å². The second-order valence-corrected chi connectivity index (χ2v) is 6.50. The van der Waals surface area contributed by atoms with Crippen LogP contribution in [-0.2, 0) is 0 Å². The van der Waals surface area contributed by atoms with Gasteiger partial charge in [-0.3, -0.25) is 5.43 Å². The Hall–Kier alpha value is -2.02. The van der Waals surface area contributed by atoms with Gasteiger partial charge in [0.1, 0.15) is 10.8 Å². The van der Waals surface area contributed by atoms with Crippen molar-refractivity contribution < 1.29 is 9.47 Å². The number of halogens is 2. The monoisotopic (exact) mass is 381 g/mol. The molecule has 1 aromatic heterocycles. The van der Waals surface area contributed by atoms with Crippen molar-refractivity contribution in [2.75, 3.05) is 19.6 Å². The third kappa shape index (κ3) is 3.26. The van der Waals surface area contributed by atoms with Crippen LogP contribution in [0.25, 0.3) is 10.2 Å². The number of hydrogen-bond donors (Lipinski definition) is 1. The number of thiazole rings is 1. The predicted molar refractivity (Wildman–Crippen MR) is 100 cm³/mol. The molecule has 0 atom stereocenters. The summed E-state index contributed by atoms with van der Waals surface area (Å²) in [6.07, 6.45) is 1.57. The molecule has 0 spiro atoms. The Morgan fingerprint density at radius 2 is 1.92 bits per heavy atom. The number of rotatable bonds is 5. The highest BCUT2D eigenvalue weighted by molar-refractivity contribution is 7.22. The molecule has 0 aliphatic heterocycles. The number of nitrogens with one attached hydrogen (secondary N) is 1. The fraction of sp³-hybridized carbons (Fsp3) is 0.125. The topological polar surface area (TPSA) is 55.7 Å². The molecule has 8 heteroatoms. The number of aromatic nitrogens is 1. The summed E-state index contributed by atoms with van der Waals surface area (Å²) >= 11 is 13.9. The number of methoxy groups -OCH3 is 2. The van der Waals surface area contributed by atoms with E-state index in [9.17, 15) is 0 Å². The van der Waals surface area contributed by atoms with Gasteiger partial charge in [0.2, 0.25) is 5.13 Å². The molecular weight excluding hydrogens is 369 g/mol. The lowest BCUT2D eigenvalue weighted by Crippen LogP contribution is -1.97. The molecule has 2 aromatic carbocycles. The van der Waals surface area contributed by atoms with E-state index in [1.807, 2.05) is 24.3 Å². The molecule has 0 aliphatic carbocycles. The van der Waals surface area contributed by atoms with Crippen molar-refractivity contribution in [1.29, 1.82) is 0 Å². The van der Waals surface area contributed by atoms with Crippen LogP contribution in [0.2, 0.25) is 10.0 Å². The first-order valence-corrected chi connectivity index (χ1v) is 8.46. The Morgan fingerprint density at radius 3 is 2.62 bits per heavy atom. The Balaban J connectivity index is 1.86. The van der Waals surface area contributed by atoms with Crippen LogP contribution in [0.15, 0.2) is 35.4 Å². The number of benzene rings is 2. The zero-order chi connectivity index (χ0) is 17.1. The Kier molecular flexibility index (Phi) is 5.08. The molecule has 0 amide bonds. The molecule has 3 rings (SSSR count). The number of anilines is 1. The number of nitrogens with zero attached hydrogens (tertiary/aromatic N) is 2. The minimum absolute atomic E-state index is 0.300. The highest BCUT2D eigenvalue weighted by Gasteiger charge is 2.16. The molecule has 0 radical (unpaired) electrons. The van der Waals surface area contributed by atoms with Gasteiger partial charge < -0.3 is 9.47 Å². The van der Waals surface area contributed by atoms with E-state index in [2.05, 4.69) is 15.5 Å². The molecular formula is C16H13Cl2N3O2S. The van der Waals surface area contributed by atoms with E-state index in [1.165, 1.54) is 25.6 Å². The fourth-order valence-electron chi connectivity index (χ4n) is 2.17. The highest BCUT2D eigenvalue weighted by Crippen LogP contribution is 2.41. The summed E-state index contributed by atoms with van der Waals surface area (Å²) in [7, 11) is 3.02. The summed E-state index contributed by atoms with van der Waals surface area (Å²) < 4.78 is 11.6. The molecule has 1 heterocycles. The van der Waals surface area contributed by atoms with Crippen LogP contribution in [0.1, 0.15) is 5.56 Å². The van der Waals surface area contributed by atoms with Crippen LogP contribution in [0.5, 0.6) is 11.5 Å². The predicted octanol–water partition coefficient (Wildman–Crippen LogP) is 5.07. The normalized spacial score (nSPS) is 11.2. The molecule has 24 heavy (non-hydrogen) atoms. The zero-order valence-corrected chi connectivity index (χ0v) is 15.2. The van der Waals surface area contributed by atoms with Gasteiger partial charge in [-0.15, -0.1) is 0 Å². The largest absolute Gasteiger partial charge is 0.494 e. The molecule has 0 bridgehead atoms. The van der Waals surface area contributed by atoms with Crippen LogP contribution < -0.4 is 14.9 Å². The third-order valence-electron chi connectivity index (χ3n) is 3.23. The van der Waals surface area contributed by atoms with Crippen molar-refractivity contribution in [3.8, 4) is 11.5 Å². The Bertz CT molecular complexity index is 879. The first kappa shape index (κ1) is 16.8. The van der Waals surface area contributed by atoms with Gasteiger partial charge in [-0.1, -0.05) is 46.7 Å². The first-order chi connectivity index (χ1) is 11.6. The van der Waals surface area contributed by atoms with E-state index >= 15 is 0 Å². The number of hydrogen-bond acceptors (Lipinski definition) is 6. The van der Waals surface area contributed by atoms with Crippen LogP contribution >= 0.6 is 34.5 Å². The van der Waals surface area contributed by atoms with Gasteiger partial charge in [-0.25, -0.2) is 4.98 Å². The van der Waals surface area contributed by atoms with Gasteiger partial charge in [-0.05, 0) is 18.2 Å². The van der Waals surface area contributed by atoms with E-state index < -0.39 is 0 Å². The summed E-state index contributed by atoms with van der Waals surface area (Å²) in [4.78, 5) is 4.44. The Morgan fingerprint density at radius 1 is 1.17 bits per heavy atom. The van der Waals surface area contributed by atoms with Crippen LogP contribution in [0.3, 0.4) is 0 Å². The van der Waals surface area contributed by atoms with Crippen molar-refractivity contribution >= 4 is 56.1 Å². The maximum atomic E-state index is 6.24. The Labute approximate surface area is 152 Å². The summed E-state index contributed by atoms with van der Waals surface area (Å²) in [5.74, 6) is 0.805. The first-order valence-electron chi connectivity index (χ1n) is 6.88. The molecule has 1 N–H and O–H groups in total. The molecule has 0 unspecified atom stereocenters. The number of hydrazone groups is 1. The van der Waals surface area contributed by atoms with Crippen molar-refractivity contribution in [2.24, 2.45) is 5.10 Å². The van der Waals surface area contributed by atoms with Gasteiger partial charge in [0.25, 0.3) is 0 Å². The highest BCUT2D eigenvalue weighted by atomic mass is 35.5. The van der Waals surface area contributed by atoms with E-state index in [0.29, 0.717) is 32.2 Å². The summed E-state index contributed by atoms with van der Waals surface area (Å²) in [6, 6.07) is 9.55. The summed E-state index contributed by atoms with van der Waals surface area (Å²) in [6.45, 7) is 0. The number of para-hydroxylation sites is 1. The average Bonchev–Trinajstić information content (AvgIpc) is 2.98. The second-order valence-electron chi connectivity index (χ2n) is 4.68. The smallest absolute Gasteiger partial charge is 0.204 e. The van der Waals surface area contributed by atoms with Crippen molar-refractivity contribution in [3.05, 3.63) is 45.9 Å². The van der Waals surface area contributed by atoms with Gasteiger partial charge in [0.15, 0.2) is 5.75 Å². The van der Waals surface area contributed by atoms with Crippen molar-refractivity contribution in [2.45, 2.75) is 0 Å². The molecule has 0 saturated heterocycles. The lowest BCUT2D eigenvalue weighted by atomic mass is 10.2. The lowest BCUT2D eigenvalue weighted by molar-refractivity contribution is 0.394. The summed E-state index contributed by atoms with van der Waals surface area (Å²) in [5.41, 5.74) is 4.46. The maximum absolute atomic E-state index is 6.24. The second kappa shape index (κ2) is 7.25. The van der Waals surface area contributed by atoms with Crippen molar-refractivity contribution in [3.63, 3.8) is 0 Å². The van der Waals surface area contributed by atoms with Gasteiger partial charge in [-0.2, -0.15) is 5.10 Å². The van der Waals surface area contributed by atoms with E-state index in [0.717, 1.165) is 10.2 Å². The summed E-state index contributed by atoms with van der Waals surface area (Å²) in [5, 5.41) is 5.56. The van der Waals surface area contributed by atoms with Gasteiger partial charge >= 0.3 is 0 Å². The molecule has 3 aromatic rings. The molecule has 5 nitrogen and oxygen atoms in total. The molecule has 0 saturated carbocycles. The standard InChI is InChI=1S/C16H13Cl2N3O2S/c1-22-14-9(7-10(17)15(23-2)13(14)18)8-19-21-16-20-11-5-3-4-6-12(11)24-16/h3-8H,1-2H3,(H,20,21)/b19-8-. The van der Waals surface area contributed by atoms with Crippen LogP contribution in [-0.4, -0.2) is 25.4 Å². The maximum Gasteiger partial charge on any atom is 0.204 e. The average molecular weight is 382 g/mol. The molecule has 0 fully saturated rings. The van der Waals surface area contributed by atoms with Gasteiger partial charge in [0, 0.05) is 5.56 Å². The quantitative estimate of drug-likeness (QED) is 0.495.